The molecular weight excluding hydrogens is 781 g/mol. The second-order valence-corrected chi connectivity index (χ2v) is 27.0. The topological polar surface area (TPSA) is 336 Å². The van der Waals surface area contributed by atoms with E-state index in [1.807, 2.05) is 13.8 Å². The maximum absolute atomic E-state index is 10.5. The lowest BCUT2D eigenvalue weighted by atomic mass is 10.4. The van der Waals surface area contributed by atoms with Gasteiger partial charge in [-0.15, -0.1) is 0 Å². The van der Waals surface area contributed by atoms with Gasteiger partial charge in [-0.3, -0.25) is 32.0 Å². The zero-order valence-corrected chi connectivity index (χ0v) is 36.1. The van der Waals surface area contributed by atoms with Crippen LogP contribution in [0.3, 0.4) is 0 Å². The molecule has 0 aliphatic carbocycles. The van der Waals surface area contributed by atoms with E-state index in [9.17, 15) is 32.0 Å². The molecule has 0 radical (unpaired) electrons. The summed E-state index contributed by atoms with van der Waals surface area (Å²) in [6.45, 7) is 19.0. The fourth-order valence-electron chi connectivity index (χ4n) is 0.622. The minimum absolute atomic E-state index is 0.0648. The Morgan fingerprint density at radius 1 is 0.500 bits per heavy atom. The lowest BCUT2D eigenvalue weighted by Gasteiger charge is -2.00. The Kier molecular flexibility index (Phi) is 46.8. The Bertz CT molecular complexity index is 1110. The van der Waals surface area contributed by atoms with Crippen molar-refractivity contribution in [2.45, 2.75) is 27.7 Å². The van der Waals surface area contributed by atoms with E-state index >= 15 is 0 Å². The molecule has 25 heteroatoms. The van der Waals surface area contributed by atoms with Crippen molar-refractivity contribution in [2.75, 3.05) is 78.7 Å². The zero-order chi connectivity index (χ0) is 41.4. The summed E-state index contributed by atoms with van der Waals surface area (Å²) in [4.78, 5) is 82.6. The van der Waals surface area contributed by atoms with Gasteiger partial charge in [0.15, 0.2) is 36.8 Å². The summed E-state index contributed by atoms with van der Waals surface area (Å²) in [7, 11) is -20.3. The lowest BCUT2D eigenvalue weighted by Crippen LogP contribution is -2.01. The Labute approximate surface area is 285 Å². The SMILES string of the molecule is CC.CCP(C)(=O)O.CCP(C)(=O)O.CP(=O)(O)CO.CP(C)(=O)O.CP(C)(=O)O.CP(C)(=O)O.O=C=O.O=P(O)(O)c1ccccc1. The van der Waals surface area contributed by atoms with Crippen molar-refractivity contribution in [3.05, 3.63) is 30.3 Å². The smallest absolute Gasteiger partial charge is 0.373 e. The van der Waals surface area contributed by atoms with E-state index < -0.39 is 58.2 Å². The third kappa shape index (κ3) is 177. The fourth-order valence-corrected chi connectivity index (χ4v) is 1.18. The monoisotopic (exact) mass is 840 g/mol. The second kappa shape index (κ2) is 34.0. The van der Waals surface area contributed by atoms with Crippen LogP contribution in [0.4, 0.5) is 0 Å². The second-order valence-electron chi connectivity index (χ2n) is 9.77. The van der Waals surface area contributed by atoms with E-state index in [0.717, 1.165) is 6.66 Å². The Morgan fingerprint density at radius 2 is 0.646 bits per heavy atom. The molecule has 1 rings (SSSR count). The molecule has 0 aliphatic heterocycles. The van der Waals surface area contributed by atoms with Crippen LogP contribution in [-0.2, 0) is 41.5 Å². The number of aliphatic hydroxyl groups is 1. The molecule has 3 atom stereocenters. The van der Waals surface area contributed by atoms with E-state index in [0.29, 0.717) is 12.3 Å². The van der Waals surface area contributed by atoms with Crippen molar-refractivity contribution in [3.8, 4) is 0 Å². The molecule has 0 spiro atoms. The first kappa shape index (κ1) is 66.1. The van der Waals surface area contributed by atoms with Crippen molar-refractivity contribution in [3.63, 3.8) is 0 Å². The van der Waals surface area contributed by atoms with Gasteiger partial charge in [0.05, 0.1) is 5.30 Å². The van der Waals surface area contributed by atoms with Crippen molar-refractivity contribution in [2.24, 2.45) is 0 Å². The summed E-state index contributed by atoms with van der Waals surface area (Å²) in [6.07, 6.45) is 0.396. The number of rotatable bonds is 4. The molecule has 0 heterocycles. The van der Waals surface area contributed by atoms with Crippen molar-refractivity contribution in [1.29, 1.82) is 0 Å². The first-order chi connectivity index (χ1) is 20.7. The molecule has 9 N–H and O–H groups in total. The van der Waals surface area contributed by atoms with Gasteiger partial charge in [0.2, 0.25) is 7.37 Å². The number of carbonyl (C=O) groups excluding carboxylic acids is 2. The largest absolute Gasteiger partial charge is 0.386 e. The summed E-state index contributed by atoms with van der Waals surface area (Å²) < 4.78 is 70.0. The maximum Gasteiger partial charge on any atom is 0.373 e. The van der Waals surface area contributed by atoms with Gasteiger partial charge in [-0.25, -0.2) is 0 Å². The van der Waals surface area contributed by atoms with E-state index in [-0.39, 0.29) is 11.5 Å². The first-order valence-electron chi connectivity index (χ1n) is 13.1. The third-order valence-corrected chi connectivity index (χ3v) is 6.37. The van der Waals surface area contributed by atoms with Gasteiger partial charge in [0.1, 0.15) is 6.35 Å². The van der Waals surface area contributed by atoms with Crippen molar-refractivity contribution < 1.29 is 85.8 Å². The lowest BCUT2D eigenvalue weighted by molar-refractivity contribution is -0.191. The predicted molar refractivity (Wildman–Crippen MR) is 195 cm³/mol. The highest BCUT2D eigenvalue weighted by Crippen LogP contribution is 2.34. The molecule has 0 aliphatic rings. The quantitative estimate of drug-likeness (QED) is 0.192. The van der Waals surface area contributed by atoms with Crippen LogP contribution in [0, 0.1) is 0 Å². The molecule has 0 aromatic heterocycles. The standard InChI is InChI=1S/C6H7O3P.2C3H9O2P.C2H7O3P.3C2H7O2P.C2H6.CO2/c7-10(8,9)6-4-2-1-3-5-6;2*1-3-6(2,4)5;1-6(4,5)2-3;3*1-5(2,3)4;1-2;2-1-3/h1-5H,(H2,7,8,9);2*3H2,1-2H3,(H,4,5);3H,2H2,1H3,(H,4,5);3*1-2H3,(H,3,4);1-2H3;. The van der Waals surface area contributed by atoms with E-state index in [2.05, 4.69) is 0 Å². The predicted octanol–water partition coefficient (Wildman–Crippen LogP) is 4.13. The van der Waals surface area contributed by atoms with E-state index in [1.54, 1.807) is 32.0 Å². The van der Waals surface area contributed by atoms with Gasteiger partial charge >= 0.3 is 13.7 Å². The normalized spacial score (nSPS) is 13.8. The van der Waals surface area contributed by atoms with Gasteiger partial charge < -0.3 is 44.3 Å². The van der Waals surface area contributed by atoms with Crippen molar-refractivity contribution in [1.82, 2.24) is 0 Å². The number of hydrogen-bond acceptors (Lipinski definition) is 10. The highest BCUT2D eigenvalue weighted by molar-refractivity contribution is 7.60. The van der Waals surface area contributed by atoms with Crippen LogP contribution in [0.2, 0.25) is 0 Å². The van der Waals surface area contributed by atoms with Gasteiger partial charge in [0, 0.05) is 72.3 Å². The summed E-state index contributed by atoms with van der Waals surface area (Å²) in [5, 5.41) is 7.95. The Morgan fingerprint density at radius 3 is 0.708 bits per heavy atom. The maximum atomic E-state index is 10.5. The molecule has 1 aromatic rings. The van der Waals surface area contributed by atoms with Crippen LogP contribution in [0.25, 0.3) is 0 Å². The molecule has 0 fully saturated rings. The molecule has 0 saturated carbocycles. The summed E-state index contributed by atoms with van der Waals surface area (Å²) >= 11 is 0. The highest BCUT2D eigenvalue weighted by atomic mass is 31.2. The summed E-state index contributed by atoms with van der Waals surface area (Å²) in [5.74, 6) is 0. The molecule has 3 unspecified atom stereocenters. The molecule has 1 aromatic carbocycles. The van der Waals surface area contributed by atoms with Gasteiger partial charge in [-0.2, -0.15) is 9.59 Å². The summed E-state index contributed by atoms with van der Waals surface area (Å²) in [6, 6.07) is 7.70. The zero-order valence-electron chi connectivity index (χ0n) is 29.8. The fraction of sp³-hybridized carbons (Fsp3) is 0.696. The Hall–Kier alpha value is -0.150. The van der Waals surface area contributed by atoms with Crippen LogP contribution < -0.4 is 5.30 Å². The third-order valence-electron chi connectivity index (χ3n) is 2.53. The van der Waals surface area contributed by atoms with Gasteiger partial charge in [-0.1, -0.05) is 45.9 Å². The molecule has 18 nitrogen and oxygen atoms in total. The molecular formula is C23H59O18P7. The molecule has 0 bridgehead atoms. The van der Waals surface area contributed by atoms with E-state index in [1.165, 1.54) is 65.5 Å². The highest BCUT2D eigenvalue weighted by Gasteiger charge is 2.14. The number of aliphatic hydroxyl groups excluding tert-OH is 1. The number of benzene rings is 1. The molecule has 48 heavy (non-hydrogen) atoms. The van der Waals surface area contributed by atoms with Crippen LogP contribution >= 0.6 is 51.8 Å². The first-order valence-corrected chi connectivity index (χ1v) is 29.3. The average molecular weight is 841 g/mol. The Balaban J connectivity index is -0.0000000644. The average Bonchev–Trinajstić information content (AvgIpc) is 2.83. The molecule has 0 saturated heterocycles. The summed E-state index contributed by atoms with van der Waals surface area (Å²) in [5.41, 5.74) is 0. The van der Waals surface area contributed by atoms with Gasteiger partial charge in [-0.05, 0) is 12.1 Å². The molecule has 0 amide bonds. The molecule has 294 valence electrons. The van der Waals surface area contributed by atoms with Crippen LogP contribution in [-0.4, -0.2) is 129 Å². The van der Waals surface area contributed by atoms with Crippen LogP contribution in [0.15, 0.2) is 30.3 Å². The van der Waals surface area contributed by atoms with E-state index in [4.69, 9.17) is 53.8 Å². The van der Waals surface area contributed by atoms with Crippen LogP contribution in [0.1, 0.15) is 27.7 Å². The van der Waals surface area contributed by atoms with Crippen molar-refractivity contribution >= 4 is 63.3 Å². The van der Waals surface area contributed by atoms with Crippen LogP contribution in [0.5, 0.6) is 0 Å². The van der Waals surface area contributed by atoms with Gasteiger partial charge in [0.25, 0.3) is 0 Å². The number of hydrogen-bond donors (Lipinski definition) is 9. The minimum atomic E-state index is -4.02. The minimum Gasteiger partial charge on any atom is -0.386 e.